The molecule has 10 heteroatoms. The first-order chi connectivity index (χ1) is 12.1. The monoisotopic (exact) mass is 403 g/mol. The van der Waals surface area contributed by atoms with E-state index in [2.05, 4.69) is 10.0 Å². The molecular formula is C16H25N3O5S2. The third-order valence-corrected chi connectivity index (χ3v) is 6.13. The summed E-state index contributed by atoms with van der Waals surface area (Å²) in [7, 11) is -3.25. The van der Waals surface area contributed by atoms with E-state index in [0.29, 0.717) is 36.5 Å². The fourth-order valence-corrected chi connectivity index (χ4v) is 4.72. The van der Waals surface area contributed by atoms with Gasteiger partial charge in [0.1, 0.15) is 5.00 Å². The highest BCUT2D eigenvalue weighted by Gasteiger charge is 2.27. The van der Waals surface area contributed by atoms with E-state index in [9.17, 15) is 18.0 Å². The molecule has 0 atom stereocenters. The molecule has 0 aromatic carbocycles. The molecule has 26 heavy (non-hydrogen) atoms. The number of rotatable bonds is 5. The lowest BCUT2D eigenvalue weighted by Crippen LogP contribution is -2.47. The van der Waals surface area contributed by atoms with Gasteiger partial charge in [-0.2, -0.15) is 0 Å². The lowest BCUT2D eigenvalue weighted by molar-refractivity contribution is 0.0527. The smallest absolute Gasteiger partial charge is 0.341 e. The molecule has 2 amide bonds. The minimum absolute atomic E-state index is 0.157. The molecule has 2 rings (SSSR count). The molecular weight excluding hydrogens is 378 g/mol. The van der Waals surface area contributed by atoms with Crippen LogP contribution in [0.4, 0.5) is 9.80 Å². The Kier molecular flexibility index (Phi) is 6.64. The van der Waals surface area contributed by atoms with Gasteiger partial charge in [-0.3, -0.25) is 5.32 Å². The first-order valence-electron chi connectivity index (χ1n) is 8.42. The second-order valence-corrected chi connectivity index (χ2v) is 9.29. The molecule has 2 heterocycles. The summed E-state index contributed by atoms with van der Waals surface area (Å²) in [6.07, 6.45) is 2.23. The number of sulfonamides is 1. The summed E-state index contributed by atoms with van der Waals surface area (Å²) >= 11 is 1.34. The van der Waals surface area contributed by atoms with Gasteiger partial charge in [0.15, 0.2) is 0 Å². The van der Waals surface area contributed by atoms with Crippen molar-refractivity contribution >= 4 is 38.4 Å². The van der Waals surface area contributed by atoms with Crippen molar-refractivity contribution in [1.82, 2.24) is 9.62 Å². The van der Waals surface area contributed by atoms with E-state index in [0.717, 1.165) is 16.7 Å². The number of likely N-dealkylation sites (tertiary alicyclic amines) is 1. The van der Waals surface area contributed by atoms with Gasteiger partial charge in [0.25, 0.3) is 0 Å². The van der Waals surface area contributed by atoms with Gasteiger partial charge in [-0.05, 0) is 39.2 Å². The fraction of sp³-hybridized carbons (Fsp3) is 0.625. The largest absolute Gasteiger partial charge is 0.462 e. The molecule has 2 N–H and O–H groups in total. The number of piperidine rings is 1. The maximum atomic E-state index is 12.5. The first kappa shape index (κ1) is 20.7. The van der Waals surface area contributed by atoms with Gasteiger partial charge in [0, 0.05) is 24.0 Å². The van der Waals surface area contributed by atoms with Gasteiger partial charge in [0.2, 0.25) is 10.0 Å². The highest BCUT2D eigenvalue weighted by molar-refractivity contribution is 7.88. The van der Waals surface area contributed by atoms with Crippen LogP contribution in [0, 0.1) is 13.8 Å². The van der Waals surface area contributed by atoms with E-state index < -0.39 is 16.0 Å². The van der Waals surface area contributed by atoms with Crippen LogP contribution in [0.5, 0.6) is 0 Å². The highest BCUT2D eigenvalue weighted by atomic mass is 32.2. The molecule has 146 valence electrons. The third kappa shape index (κ3) is 5.18. The standard InChI is InChI=1S/C16H25N3O5S2/c1-5-24-15(20)13-10(2)11(3)25-14(13)17-16(21)19-8-6-12(7-9-19)18-26(4,22)23/h12,18H,5-9H2,1-4H3,(H,17,21). The molecule has 0 spiro atoms. The van der Waals surface area contributed by atoms with Crippen LogP contribution in [0.1, 0.15) is 40.6 Å². The van der Waals surface area contributed by atoms with Gasteiger partial charge < -0.3 is 9.64 Å². The molecule has 1 saturated heterocycles. The number of hydrogen-bond donors (Lipinski definition) is 2. The first-order valence-corrected chi connectivity index (χ1v) is 11.1. The van der Waals surface area contributed by atoms with Crippen molar-refractivity contribution in [3.63, 3.8) is 0 Å². The predicted octanol–water partition coefficient (Wildman–Crippen LogP) is 2.09. The van der Waals surface area contributed by atoms with Crippen LogP contribution in [-0.4, -0.2) is 57.3 Å². The number of thiophene rings is 1. The zero-order chi connectivity index (χ0) is 19.5. The average Bonchev–Trinajstić information content (AvgIpc) is 2.81. The van der Waals surface area contributed by atoms with Gasteiger partial charge in [0.05, 0.1) is 18.4 Å². The van der Waals surface area contributed by atoms with Crippen molar-refractivity contribution in [2.45, 2.75) is 39.7 Å². The predicted molar refractivity (Wildman–Crippen MR) is 101 cm³/mol. The summed E-state index contributed by atoms with van der Waals surface area (Å²) in [4.78, 5) is 27.3. The van der Waals surface area contributed by atoms with Crippen LogP contribution in [0.25, 0.3) is 0 Å². The van der Waals surface area contributed by atoms with Crippen molar-refractivity contribution in [2.75, 3.05) is 31.3 Å². The maximum Gasteiger partial charge on any atom is 0.341 e. The summed E-state index contributed by atoms with van der Waals surface area (Å²) < 4.78 is 30.3. The van der Waals surface area contributed by atoms with E-state index >= 15 is 0 Å². The SMILES string of the molecule is CCOC(=O)c1c(NC(=O)N2CCC(NS(C)(=O)=O)CC2)sc(C)c1C. The third-order valence-electron chi connectivity index (χ3n) is 4.25. The molecule has 0 aliphatic carbocycles. The Balaban J connectivity index is 2.03. The second-order valence-electron chi connectivity index (χ2n) is 6.29. The minimum atomic E-state index is -3.25. The quantitative estimate of drug-likeness (QED) is 0.733. The molecule has 1 fully saturated rings. The number of amides is 2. The average molecular weight is 404 g/mol. The summed E-state index contributed by atoms with van der Waals surface area (Å²) in [6.45, 7) is 6.60. The summed E-state index contributed by atoms with van der Waals surface area (Å²) in [5.41, 5.74) is 1.20. The molecule has 0 unspecified atom stereocenters. The van der Waals surface area contributed by atoms with Crippen LogP contribution in [-0.2, 0) is 14.8 Å². The van der Waals surface area contributed by atoms with E-state index in [1.807, 2.05) is 13.8 Å². The van der Waals surface area contributed by atoms with E-state index in [4.69, 9.17) is 4.74 Å². The van der Waals surface area contributed by atoms with Crippen molar-refractivity contribution < 1.29 is 22.7 Å². The van der Waals surface area contributed by atoms with Gasteiger partial charge in [-0.15, -0.1) is 11.3 Å². The van der Waals surface area contributed by atoms with E-state index in [1.54, 1.807) is 11.8 Å². The Hall–Kier alpha value is -1.65. The zero-order valence-corrected chi connectivity index (χ0v) is 17.1. The molecule has 1 aromatic heterocycles. The topological polar surface area (TPSA) is 105 Å². The number of hydrogen-bond acceptors (Lipinski definition) is 6. The number of ether oxygens (including phenoxy) is 1. The Morgan fingerprint density at radius 2 is 1.88 bits per heavy atom. The number of nitrogens with zero attached hydrogens (tertiary/aromatic N) is 1. The molecule has 1 aromatic rings. The van der Waals surface area contributed by atoms with Crippen LogP contribution < -0.4 is 10.0 Å². The zero-order valence-electron chi connectivity index (χ0n) is 15.4. The molecule has 8 nitrogen and oxygen atoms in total. The molecule has 1 aliphatic rings. The molecule has 0 radical (unpaired) electrons. The van der Waals surface area contributed by atoms with Gasteiger partial charge in [-0.1, -0.05) is 0 Å². The van der Waals surface area contributed by atoms with Crippen LogP contribution in [0.3, 0.4) is 0 Å². The number of carbonyl (C=O) groups excluding carboxylic acids is 2. The molecule has 0 saturated carbocycles. The maximum absolute atomic E-state index is 12.5. The van der Waals surface area contributed by atoms with Crippen LogP contribution >= 0.6 is 11.3 Å². The van der Waals surface area contributed by atoms with Crippen molar-refractivity contribution in [3.05, 3.63) is 16.0 Å². The number of nitrogens with one attached hydrogen (secondary N) is 2. The summed E-state index contributed by atoms with van der Waals surface area (Å²) in [6, 6.07) is -0.454. The number of anilines is 1. The van der Waals surface area contributed by atoms with E-state index in [-0.39, 0.29) is 18.7 Å². The number of urea groups is 1. The van der Waals surface area contributed by atoms with Crippen LogP contribution in [0.15, 0.2) is 0 Å². The summed E-state index contributed by atoms with van der Waals surface area (Å²) in [5.74, 6) is -0.444. The Morgan fingerprint density at radius 3 is 2.42 bits per heavy atom. The molecule has 0 bridgehead atoms. The normalized spacial score (nSPS) is 15.8. The summed E-state index contributed by atoms with van der Waals surface area (Å²) in [5, 5.41) is 3.30. The number of carbonyl (C=O) groups is 2. The second kappa shape index (κ2) is 8.36. The highest BCUT2D eigenvalue weighted by Crippen LogP contribution is 2.33. The Labute approximate surface area is 158 Å². The number of aryl methyl sites for hydroxylation is 1. The fourth-order valence-electron chi connectivity index (χ4n) is 2.84. The van der Waals surface area contributed by atoms with Crippen molar-refractivity contribution in [1.29, 1.82) is 0 Å². The van der Waals surface area contributed by atoms with E-state index in [1.165, 1.54) is 11.3 Å². The lowest BCUT2D eigenvalue weighted by Gasteiger charge is -2.31. The van der Waals surface area contributed by atoms with Crippen LogP contribution in [0.2, 0.25) is 0 Å². The van der Waals surface area contributed by atoms with Gasteiger partial charge >= 0.3 is 12.0 Å². The molecule has 1 aliphatic heterocycles. The number of esters is 1. The van der Waals surface area contributed by atoms with Gasteiger partial charge in [-0.25, -0.2) is 22.7 Å². The Bertz CT molecular complexity index is 780. The van der Waals surface area contributed by atoms with Crippen molar-refractivity contribution in [3.8, 4) is 0 Å². The lowest BCUT2D eigenvalue weighted by atomic mass is 10.1. The van der Waals surface area contributed by atoms with Crippen molar-refractivity contribution in [2.24, 2.45) is 0 Å². The minimum Gasteiger partial charge on any atom is -0.462 e. The Morgan fingerprint density at radius 1 is 1.27 bits per heavy atom.